The number of hydrogen-bond donors (Lipinski definition) is 2. The number of nitrogens with one attached hydrogen (secondary N) is 1. The van der Waals surface area contributed by atoms with Crippen LogP contribution in [-0.4, -0.2) is 45.1 Å². The molecule has 8 heteroatoms. The van der Waals surface area contributed by atoms with Gasteiger partial charge in [-0.25, -0.2) is 4.68 Å². The number of benzene rings is 2. The van der Waals surface area contributed by atoms with Crippen molar-refractivity contribution in [1.29, 1.82) is 0 Å². The van der Waals surface area contributed by atoms with Crippen LogP contribution < -0.4 is 10.2 Å². The number of amides is 2. The zero-order chi connectivity index (χ0) is 25.6. The van der Waals surface area contributed by atoms with Gasteiger partial charge in [0.15, 0.2) is 0 Å². The van der Waals surface area contributed by atoms with E-state index in [9.17, 15) is 14.7 Å². The Morgan fingerprint density at radius 3 is 2.43 bits per heavy atom. The molecule has 8 nitrogen and oxygen atoms in total. The van der Waals surface area contributed by atoms with Gasteiger partial charge in [0, 0.05) is 43.2 Å². The second-order valence-corrected chi connectivity index (χ2v) is 8.93. The highest BCUT2D eigenvalue weighted by molar-refractivity contribution is 6.00. The Bertz CT molecular complexity index is 1190. The van der Waals surface area contributed by atoms with Crippen molar-refractivity contribution in [2.45, 2.75) is 47.1 Å². The van der Waals surface area contributed by atoms with Crippen LogP contribution in [0.5, 0.6) is 0 Å². The van der Waals surface area contributed by atoms with Crippen LogP contribution in [0.25, 0.3) is 22.5 Å². The smallest absolute Gasteiger partial charge is 0.229 e. The van der Waals surface area contributed by atoms with E-state index < -0.39 is 5.41 Å². The van der Waals surface area contributed by atoms with Gasteiger partial charge in [0.1, 0.15) is 5.69 Å². The lowest BCUT2D eigenvalue weighted by Gasteiger charge is -2.29. The average Bonchev–Trinajstić information content (AvgIpc) is 3.23. The Morgan fingerprint density at radius 2 is 1.71 bits per heavy atom. The molecule has 1 aliphatic rings. The molecule has 2 amide bonds. The van der Waals surface area contributed by atoms with Gasteiger partial charge in [0.2, 0.25) is 11.8 Å². The van der Waals surface area contributed by atoms with Crippen LogP contribution in [0.15, 0.2) is 48.5 Å². The fourth-order valence-corrected chi connectivity index (χ4v) is 4.17. The van der Waals surface area contributed by atoms with Gasteiger partial charge in [-0.2, -0.15) is 0 Å². The van der Waals surface area contributed by atoms with E-state index in [0.29, 0.717) is 13.0 Å². The van der Waals surface area contributed by atoms with Crippen molar-refractivity contribution in [3.8, 4) is 22.5 Å². The maximum absolute atomic E-state index is 13.4. The second kappa shape index (κ2) is 11.3. The predicted molar refractivity (Wildman–Crippen MR) is 138 cm³/mol. The number of aryl methyl sites for hydroxylation is 1. The predicted octanol–water partition coefficient (Wildman–Crippen LogP) is 3.94. The number of carbonyl (C=O) groups excluding carboxylic acids is 2. The minimum Gasteiger partial charge on any atom is -0.396 e. The summed E-state index contributed by atoms with van der Waals surface area (Å²) in [6.07, 6.45) is 0.522. The molecule has 186 valence electrons. The summed E-state index contributed by atoms with van der Waals surface area (Å²) < 4.78 is 1.77. The van der Waals surface area contributed by atoms with Crippen LogP contribution in [0.3, 0.4) is 0 Å². The lowest BCUT2D eigenvalue weighted by molar-refractivity contribution is -0.130. The van der Waals surface area contributed by atoms with E-state index in [1.54, 1.807) is 23.4 Å². The zero-order valence-electron chi connectivity index (χ0n) is 21.2. The molecule has 0 atom stereocenters. The quantitative estimate of drug-likeness (QED) is 0.560. The van der Waals surface area contributed by atoms with E-state index in [-0.39, 0.29) is 31.4 Å². The van der Waals surface area contributed by atoms with Crippen LogP contribution in [0.2, 0.25) is 0 Å². The number of rotatable bonds is 6. The fraction of sp³-hybridized carbons (Fsp3) is 0.407. The summed E-state index contributed by atoms with van der Waals surface area (Å²) >= 11 is 0. The lowest BCUT2D eigenvalue weighted by Crippen LogP contribution is -2.40. The molecular formula is C27H35N5O3. The van der Waals surface area contributed by atoms with Crippen molar-refractivity contribution in [1.82, 2.24) is 20.3 Å². The first-order valence-electron chi connectivity index (χ1n) is 12.1. The third-order valence-corrected chi connectivity index (χ3v) is 6.15. The molecule has 0 unspecified atom stereocenters. The molecule has 0 saturated carbocycles. The van der Waals surface area contributed by atoms with E-state index in [0.717, 1.165) is 33.8 Å². The van der Waals surface area contributed by atoms with E-state index in [1.807, 2.05) is 69.4 Å². The number of anilines is 1. The average molecular weight is 478 g/mol. The van der Waals surface area contributed by atoms with Crippen molar-refractivity contribution < 1.29 is 14.7 Å². The van der Waals surface area contributed by atoms with Gasteiger partial charge in [-0.1, -0.05) is 75.4 Å². The number of hydrogen-bond acceptors (Lipinski definition) is 5. The molecule has 35 heavy (non-hydrogen) atoms. The molecule has 0 bridgehead atoms. The molecule has 2 heterocycles. The Labute approximate surface area is 207 Å². The molecule has 3 aromatic rings. The van der Waals surface area contributed by atoms with Gasteiger partial charge in [0.05, 0.1) is 17.9 Å². The van der Waals surface area contributed by atoms with Gasteiger partial charge >= 0.3 is 0 Å². The zero-order valence-corrected chi connectivity index (χ0v) is 21.2. The number of para-hydroxylation sites is 1. The highest BCUT2D eigenvalue weighted by Gasteiger charge is 2.29. The van der Waals surface area contributed by atoms with Crippen molar-refractivity contribution in [2.75, 3.05) is 18.1 Å². The molecule has 0 saturated heterocycles. The standard InChI is InChI=1S/C25H29N5O3.C2H6/c1-25(2,13-15-31)24(33)26-14-12-21(32)30-16-17-8-4-5-9-18(17)23-22(27-28-29(23)3)19-10-6-7-11-20(19)30;1-2/h4-11,31H,12-16H2,1-3H3,(H,26,33);1-2H3. The van der Waals surface area contributed by atoms with Gasteiger partial charge in [-0.15, -0.1) is 5.10 Å². The highest BCUT2D eigenvalue weighted by atomic mass is 16.3. The molecule has 0 spiro atoms. The number of aliphatic hydroxyl groups excluding tert-OH is 1. The Kier molecular flexibility index (Phi) is 8.40. The van der Waals surface area contributed by atoms with Crippen LogP contribution in [-0.2, 0) is 23.2 Å². The molecule has 2 aromatic carbocycles. The maximum atomic E-state index is 13.4. The largest absolute Gasteiger partial charge is 0.396 e. The molecule has 0 fully saturated rings. The minimum absolute atomic E-state index is 0.0618. The Hall–Kier alpha value is -3.52. The topological polar surface area (TPSA) is 100 Å². The summed E-state index contributed by atoms with van der Waals surface area (Å²) in [6, 6.07) is 15.7. The third-order valence-electron chi connectivity index (χ3n) is 6.15. The van der Waals surface area contributed by atoms with Crippen molar-refractivity contribution in [2.24, 2.45) is 12.5 Å². The first kappa shape index (κ1) is 26.1. The summed E-state index contributed by atoms with van der Waals surface area (Å²) in [4.78, 5) is 27.6. The molecule has 1 aromatic heterocycles. The maximum Gasteiger partial charge on any atom is 0.229 e. The summed E-state index contributed by atoms with van der Waals surface area (Å²) in [5.74, 6) is -0.267. The number of nitrogens with zero attached hydrogens (tertiary/aromatic N) is 4. The van der Waals surface area contributed by atoms with Crippen LogP contribution in [0.1, 0.15) is 46.1 Å². The van der Waals surface area contributed by atoms with Crippen molar-refractivity contribution in [3.05, 3.63) is 54.1 Å². The van der Waals surface area contributed by atoms with E-state index in [4.69, 9.17) is 0 Å². The number of aliphatic hydroxyl groups is 1. The number of aromatic nitrogens is 3. The third kappa shape index (κ3) is 5.43. The van der Waals surface area contributed by atoms with Gasteiger partial charge in [0.25, 0.3) is 0 Å². The fourth-order valence-electron chi connectivity index (χ4n) is 4.17. The Morgan fingerprint density at radius 1 is 1.06 bits per heavy atom. The molecule has 2 N–H and O–H groups in total. The first-order valence-corrected chi connectivity index (χ1v) is 12.1. The van der Waals surface area contributed by atoms with Gasteiger partial charge in [-0.05, 0) is 18.1 Å². The summed E-state index contributed by atoms with van der Waals surface area (Å²) in [6.45, 7) is 8.13. The number of fused-ring (bicyclic) bond motifs is 5. The van der Waals surface area contributed by atoms with E-state index in [1.165, 1.54) is 0 Å². The van der Waals surface area contributed by atoms with E-state index in [2.05, 4.69) is 15.6 Å². The van der Waals surface area contributed by atoms with Crippen LogP contribution >= 0.6 is 0 Å². The van der Waals surface area contributed by atoms with Gasteiger partial charge < -0.3 is 15.3 Å². The molecule has 4 rings (SSSR count). The molecule has 0 radical (unpaired) electrons. The molecule has 0 aliphatic carbocycles. The number of carbonyl (C=O) groups is 2. The lowest BCUT2D eigenvalue weighted by atomic mass is 9.88. The minimum atomic E-state index is -0.688. The monoisotopic (exact) mass is 477 g/mol. The normalized spacial score (nSPS) is 12.2. The molecule has 1 aliphatic heterocycles. The van der Waals surface area contributed by atoms with Crippen molar-refractivity contribution in [3.63, 3.8) is 0 Å². The van der Waals surface area contributed by atoms with E-state index >= 15 is 0 Å². The molecular weight excluding hydrogens is 442 g/mol. The second-order valence-electron chi connectivity index (χ2n) is 8.93. The SMILES string of the molecule is CC.Cn1nnc2c1-c1ccccc1CN(C(=O)CCNC(=O)C(C)(C)CCO)c1ccccc1-2. The highest BCUT2D eigenvalue weighted by Crippen LogP contribution is 2.40. The first-order chi connectivity index (χ1) is 16.8. The summed E-state index contributed by atoms with van der Waals surface area (Å²) in [5.41, 5.74) is 4.57. The van der Waals surface area contributed by atoms with Gasteiger partial charge in [-0.3, -0.25) is 9.59 Å². The summed E-state index contributed by atoms with van der Waals surface area (Å²) in [5, 5.41) is 20.7. The van der Waals surface area contributed by atoms with Crippen molar-refractivity contribution >= 4 is 17.5 Å². The van der Waals surface area contributed by atoms with Crippen LogP contribution in [0.4, 0.5) is 5.69 Å². The van der Waals surface area contributed by atoms with Crippen LogP contribution in [0, 0.1) is 5.41 Å². The Balaban J connectivity index is 0.00000167. The summed E-state index contributed by atoms with van der Waals surface area (Å²) in [7, 11) is 1.87.